The van der Waals surface area contributed by atoms with Gasteiger partial charge in [-0.05, 0) is 36.2 Å². The van der Waals surface area contributed by atoms with Gasteiger partial charge in [0.25, 0.3) is 0 Å². The molecule has 0 unspecified atom stereocenters. The van der Waals surface area contributed by atoms with E-state index in [1.165, 1.54) is 23.9 Å². The molecule has 2 aromatic rings. The maximum absolute atomic E-state index is 13.2. The topological polar surface area (TPSA) is 0 Å². The first-order valence-corrected chi connectivity index (χ1v) is 6.47. The molecule has 0 fully saturated rings. The van der Waals surface area contributed by atoms with Crippen LogP contribution in [-0.4, -0.2) is 7.85 Å². The number of hydrogen-bond donors (Lipinski definition) is 0. The number of rotatable bonds is 3. The van der Waals surface area contributed by atoms with Crippen LogP contribution in [0, 0.1) is 18.6 Å². The fraction of sp³-hybridized carbons (Fsp3) is 0.143. The van der Waals surface area contributed by atoms with Gasteiger partial charge in [-0.2, -0.15) is 0 Å². The van der Waals surface area contributed by atoms with Crippen LogP contribution < -0.4 is 5.46 Å². The van der Waals surface area contributed by atoms with Crippen LogP contribution in [0.4, 0.5) is 8.78 Å². The summed E-state index contributed by atoms with van der Waals surface area (Å²) in [6.45, 7) is 1.73. The predicted octanol–water partition coefficient (Wildman–Crippen LogP) is 3.36. The van der Waals surface area contributed by atoms with Gasteiger partial charge in [0.2, 0.25) is 0 Å². The first-order chi connectivity index (χ1) is 8.56. The highest BCUT2D eigenvalue weighted by atomic mass is 32.2. The van der Waals surface area contributed by atoms with Gasteiger partial charge in [0.15, 0.2) is 0 Å². The van der Waals surface area contributed by atoms with E-state index in [1.54, 1.807) is 31.2 Å². The van der Waals surface area contributed by atoms with Gasteiger partial charge in [0.05, 0.1) is 0 Å². The second-order valence-corrected chi connectivity index (χ2v) is 5.10. The Morgan fingerprint density at radius 1 is 1.06 bits per heavy atom. The Labute approximate surface area is 111 Å². The van der Waals surface area contributed by atoms with Crippen molar-refractivity contribution in [2.24, 2.45) is 0 Å². The Bertz CT molecular complexity index is 518. The quantitative estimate of drug-likeness (QED) is 0.602. The Hall–Kier alpha value is -1.29. The molecule has 0 amide bonds. The van der Waals surface area contributed by atoms with Crippen molar-refractivity contribution in [2.75, 3.05) is 0 Å². The second kappa shape index (κ2) is 5.57. The highest BCUT2D eigenvalue weighted by Gasteiger charge is 2.02. The molecule has 0 atom stereocenters. The summed E-state index contributed by atoms with van der Waals surface area (Å²) in [5.74, 6) is 0.0577. The van der Waals surface area contributed by atoms with Crippen molar-refractivity contribution in [3.8, 4) is 0 Å². The van der Waals surface area contributed by atoms with Gasteiger partial charge in [0, 0.05) is 10.6 Å². The van der Waals surface area contributed by atoms with E-state index in [9.17, 15) is 8.78 Å². The van der Waals surface area contributed by atoms with Gasteiger partial charge in [-0.1, -0.05) is 23.7 Å². The molecule has 2 aromatic carbocycles. The van der Waals surface area contributed by atoms with Gasteiger partial charge >= 0.3 is 0 Å². The Morgan fingerprint density at radius 3 is 2.50 bits per heavy atom. The summed E-state index contributed by atoms with van der Waals surface area (Å²) in [6.07, 6.45) is 0. The molecule has 0 aliphatic heterocycles. The number of halogens is 2. The minimum Gasteiger partial charge on any atom is -0.208 e. The van der Waals surface area contributed by atoms with Crippen molar-refractivity contribution < 1.29 is 8.78 Å². The lowest BCUT2D eigenvalue weighted by atomic mass is 9.96. The number of thioether (sulfide) groups is 1. The maximum atomic E-state index is 13.2. The van der Waals surface area contributed by atoms with Crippen LogP contribution in [0.3, 0.4) is 0 Å². The molecule has 18 heavy (non-hydrogen) atoms. The molecule has 4 heteroatoms. The van der Waals surface area contributed by atoms with Crippen LogP contribution in [0.5, 0.6) is 0 Å². The van der Waals surface area contributed by atoms with Gasteiger partial charge in [-0.3, -0.25) is 0 Å². The third-order valence-corrected chi connectivity index (χ3v) is 3.66. The van der Waals surface area contributed by atoms with E-state index in [0.717, 1.165) is 10.5 Å². The zero-order chi connectivity index (χ0) is 13.1. The van der Waals surface area contributed by atoms with E-state index in [1.807, 2.05) is 0 Å². The minimum atomic E-state index is -0.407. The van der Waals surface area contributed by atoms with Gasteiger partial charge < -0.3 is 0 Å². The lowest BCUT2D eigenvalue weighted by Crippen LogP contribution is -2.06. The van der Waals surface area contributed by atoms with Crippen LogP contribution in [-0.2, 0) is 5.75 Å². The van der Waals surface area contributed by atoms with Crippen LogP contribution >= 0.6 is 11.8 Å². The second-order valence-electron chi connectivity index (χ2n) is 4.06. The molecule has 0 saturated heterocycles. The summed E-state index contributed by atoms with van der Waals surface area (Å²) in [5.41, 5.74) is 1.78. The first-order valence-electron chi connectivity index (χ1n) is 5.49. The molecular formula is C14H11BF2S. The molecular weight excluding hydrogens is 249 g/mol. The maximum Gasteiger partial charge on any atom is 0.126 e. The molecule has 0 aliphatic carbocycles. The number of hydrogen-bond acceptors (Lipinski definition) is 1. The third kappa shape index (κ3) is 3.13. The summed E-state index contributed by atoms with van der Waals surface area (Å²) in [4.78, 5) is 0.809. The molecule has 2 rings (SSSR count). The van der Waals surface area contributed by atoms with Crippen molar-refractivity contribution in [3.63, 3.8) is 0 Å². The van der Waals surface area contributed by atoms with Gasteiger partial charge in [-0.15, -0.1) is 11.8 Å². The molecule has 0 spiro atoms. The van der Waals surface area contributed by atoms with Crippen LogP contribution in [0.2, 0.25) is 0 Å². The molecule has 0 saturated carbocycles. The summed E-state index contributed by atoms with van der Waals surface area (Å²) in [6, 6.07) is 9.73. The summed E-state index contributed by atoms with van der Waals surface area (Å²) >= 11 is 1.49. The van der Waals surface area contributed by atoms with Crippen molar-refractivity contribution in [1.82, 2.24) is 0 Å². The zero-order valence-corrected chi connectivity index (χ0v) is 10.7. The average molecular weight is 260 g/mol. The Balaban J connectivity index is 2.06. The van der Waals surface area contributed by atoms with E-state index < -0.39 is 5.82 Å². The van der Waals surface area contributed by atoms with Crippen molar-refractivity contribution in [3.05, 3.63) is 59.2 Å². The largest absolute Gasteiger partial charge is 0.208 e. The summed E-state index contributed by atoms with van der Waals surface area (Å²) in [5, 5.41) is 0. The van der Waals surface area contributed by atoms with Crippen molar-refractivity contribution in [1.29, 1.82) is 0 Å². The molecule has 0 N–H and O–H groups in total. The fourth-order valence-electron chi connectivity index (χ4n) is 1.56. The number of aryl methyl sites for hydroxylation is 1. The van der Waals surface area contributed by atoms with Crippen LogP contribution in [0.25, 0.3) is 0 Å². The van der Waals surface area contributed by atoms with E-state index in [2.05, 4.69) is 0 Å². The molecule has 0 heterocycles. The van der Waals surface area contributed by atoms with E-state index >= 15 is 0 Å². The molecule has 90 valence electrons. The molecule has 0 nitrogen and oxygen atoms in total. The van der Waals surface area contributed by atoms with Crippen molar-refractivity contribution >= 4 is 25.1 Å². The summed E-state index contributed by atoms with van der Waals surface area (Å²) < 4.78 is 26.3. The SMILES string of the molecule is [B]c1ccc(SCc2ccc(F)c(C)c2)cc1F. The predicted molar refractivity (Wildman–Crippen MR) is 72.5 cm³/mol. The highest BCUT2D eigenvalue weighted by Crippen LogP contribution is 2.23. The zero-order valence-electron chi connectivity index (χ0n) is 9.91. The van der Waals surface area contributed by atoms with E-state index in [0.29, 0.717) is 11.3 Å². The Kier molecular flexibility index (Phi) is 4.07. The lowest BCUT2D eigenvalue weighted by molar-refractivity contribution is 0.618. The summed E-state index contributed by atoms with van der Waals surface area (Å²) in [7, 11) is 5.41. The normalized spacial score (nSPS) is 10.6. The Morgan fingerprint density at radius 2 is 1.83 bits per heavy atom. The fourth-order valence-corrected chi connectivity index (χ4v) is 2.42. The average Bonchev–Trinajstić information content (AvgIpc) is 2.35. The van der Waals surface area contributed by atoms with E-state index in [4.69, 9.17) is 7.85 Å². The van der Waals surface area contributed by atoms with Gasteiger partial charge in [-0.25, -0.2) is 8.78 Å². The molecule has 2 radical (unpaired) electrons. The lowest BCUT2D eigenvalue weighted by Gasteiger charge is -2.05. The molecule has 0 aliphatic rings. The molecule has 0 bridgehead atoms. The van der Waals surface area contributed by atoms with Crippen LogP contribution in [0.15, 0.2) is 41.3 Å². The smallest absolute Gasteiger partial charge is 0.126 e. The number of benzene rings is 2. The minimum absolute atomic E-state index is 0.150. The first kappa shape index (κ1) is 13.2. The molecule has 0 aromatic heterocycles. The van der Waals surface area contributed by atoms with Gasteiger partial charge in [0.1, 0.15) is 19.5 Å². The third-order valence-electron chi connectivity index (χ3n) is 2.60. The monoisotopic (exact) mass is 260 g/mol. The standard InChI is InChI=1S/C14H11BF2S/c1-9-6-10(2-5-13(9)16)8-18-11-3-4-12(15)14(17)7-11/h2-7H,8H2,1H3. The highest BCUT2D eigenvalue weighted by molar-refractivity contribution is 7.98. The van der Waals surface area contributed by atoms with Crippen molar-refractivity contribution in [2.45, 2.75) is 17.6 Å². The van der Waals surface area contributed by atoms with E-state index in [-0.39, 0.29) is 11.3 Å². The van der Waals surface area contributed by atoms with Crippen LogP contribution in [0.1, 0.15) is 11.1 Å².